The molecule has 1 fully saturated rings. The predicted octanol–water partition coefficient (Wildman–Crippen LogP) is -1.25. The number of imidazole rings is 1. The number of aromatic nitrogens is 4. The highest BCUT2D eigenvalue weighted by molar-refractivity contribution is 5.73. The Kier molecular flexibility index (Phi) is 2.89. The Hall–Kier alpha value is -2.09. The van der Waals surface area contributed by atoms with Gasteiger partial charge in [0.1, 0.15) is 0 Å². The van der Waals surface area contributed by atoms with Gasteiger partial charge < -0.3 is 15.6 Å². The molecule has 20 heavy (non-hydrogen) atoms. The monoisotopic (exact) mass is 278 g/mol. The maximum absolute atomic E-state index is 12.1. The first-order valence-electron chi connectivity index (χ1n) is 6.63. The van der Waals surface area contributed by atoms with Crippen molar-refractivity contribution in [3.63, 3.8) is 0 Å². The zero-order valence-electron chi connectivity index (χ0n) is 11.6. The highest BCUT2D eigenvalue weighted by Gasteiger charge is 2.24. The summed E-state index contributed by atoms with van der Waals surface area (Å²) in [6, 6.07) is 0. The van der Waals surface area contributed by atoms with Crippen molar-refractivity contribution in [2.75, 3.05) is 24.5 Å². The summed E-state index contributed by atoms with van der Waals surface area (Å²) in [6.07, 6.45) is 1.02. The van der Waals surface area contributed by atoms with Gasteiger partial charge >= 0.3 is 5.69 Å². The number of rotatable bonds is 2. The first kappa shape index (κ1) is 12.9. The van der Waals surface area contributed by atoms with Gasteiger partial charge in [-0.15, -0.1) is 0 Å². The first-order valence-corrected chi connectivity index (χ1v) is 6.63. The molecule has 1 unspecified atom stereocenters. The summed E-state index contributed by atoms with van der Waals surface area (Å²) >= 11 is 0. The normalized spacial score (nSPS) is 19.1. The second-order valence-corrected chi connectivity index (χ2v) is 5.30. The second kappa shape index (κ2) is 4.48. The van der Waals surface area contributed by atoms with Crippen LogP contribution in [0.5, 0.6) is 0 Å². The van der Waals surface area contributed by atoms with Gasteiger partial charge in [-0.2, -0.15) is 4.98 Å². The summed E-state index contributed by atoms with van der Waals surface area (Å²) in [4.78, 5) is 33.5. The van der Waals surface area contributed by atoms with Crippen LogP contribution in [0.1, 0.15) is 6.42 Å². The van der Waals surface area contributed by atoms with Crippen LogP contribution in [0.15, 0.2) is 9.59 Å². The van der Waals surface area contributed by atoms with E-state index in [-0.39, 0.29) is 11.2 Å². The minimum atomic E-state index is -0.373. The number of nitrogens with one attached hydrogen (secondary N) is 1. The lowest BCUT2D eigenvalue weighted by molar-refractivity contribution is 0.602. The van der Waals surface area contributed by atoms with E-state index in [1.54, 1.807) is 7.05 Å². The summed E-state index contributed by atoms with van der Waals surface area (Å²) < 4.78 is 2.46. The Morgan fingerprint density at radius 3 is 2.75 bits per heavy atom. The van der Waals surface area contributed by atoms with E-state index in [0.29, 0.717) is 29.6 Å². The van der Waals surface area contributed by atoms with Gasteiger partial charge in [-0.3, -0.25) is 13.9 Å². The van der Waals surface area contributed by atoms with E-state index in [2.05, 4.69) is 14.9 Å². The number of nitrogens with zero attached hydrogens (tertiary/aromatic N) is 4. The molecule has 0 bridgehead atoms. The molecule has 1 saturated heterocycles. The van der Waals surface area contributed by atoms with Crippen LogP contribution in [-0.4, -0.2) is 38.7 Å². The number of hydrogen-bond acceptors (Lipinski definition) is 5. The zero-order valence-corrected chi connectivity index (χ0v) is 11.6. The minimum absolute atomic E-state index is 0.351. The highest BCUT2D eigenvalue weighted by atomic mass is 16.2. The van der Waals surface area contributed by atoms with Gasteiger partial charge in [0.25, 0.3) is 5.56 Å². The van der Waals surface area contributed by atoms with Crippen LogP contribution in [-0.2, 0) is 14.1 Å². The average Bonchev–Trinajstić information content (AvgIpc) is 3.08. The van der Waals surface area contributed by atoms with E-state index in [1.165, 1.54) is 11.6 Å². The van der Waals surface area contributed by atoms with E-state index in [0.717, 1.165) is 24.1 Å². The van der Waals surface area contributed by atoms with E-state index in [4.69, 9.17) is 5.73 Å². The zero-order chi connectivity index (χ0) is 14.4. The van der Waals surface area contributed by atoms with E-state index >= 15 is 0 Å². The Morgan fingerprint density at radius 1 is 1.35 bits per heavy atom. The minimum Gasteiger partial charge on any atom is -0.342 e. The highest BCUT2D eigenvalue weighted by Crippen LogP contribution is 2.21. The predicted molar refractivity (Wildman–Crippen MR) is 76.0 cm³/mol. The van der Waals surface area contributed by atoms with E-state index < -0.39 is 0 Å². The molecule has 0 aromatic carbocycles. The van der Waals surface area contributed by atoms with Gasteiger partial charge in [0.15, 0.2) is 11.2 Å². The van der Waals surface area contributed by atoms with E-state index in [9.17, 15) is 9.59 Å². The van der Waals surface area contributed by atoms with Crippen LogP contribution >= 0.6 is 0 Å². The topological polar surface area (TPSA) is 102 Å². The molecular formula is C12H18N6O2. The molecule has 0 spiro atoms. The van der Waals surface area contributed by atoms with Gasteiger partial charge in [-0.25, -0.2) is 4.79 Å². The van der Waals surface area contributed by atoms with Crippen LogP contribution < -0.4 is 21.9 Å². The van der Waals surface area contributed by atoms with Crippen molar-refractivity contribution in [2.24, 2.45) is 25.7 Å². The molecular weight excluding hydrogens is 260 g/mol. The van der Waals surface area contributed by atoms with Crippen LogP contribution in [0.3, 0.4) is 0 Å². The Balaban J connectivity index is 2.12. The summed E-state index contributed by atoms with van der Waals surface area (Å²) in [5.74, 6) is 1.09. The molecule has 3 heterocycles. The molecule has 3 rings (SSSR count). The van der Waals surface area contributed by atoms with Crippen molar-refractivity contribution in [1.29, 1.82) is 0 Å². The molecule has 0 radical (unpaired) electrons. The van der Waals surface area contributed by atoms with E-state index in [1.807, 2.05) is 0 Å². The van der Waals surface area contributed by atoms with Crippen molar-refractivity contribution in [2.45, 2.75) is 6.42 Å². The summed E-state index contributed by atoms with van der Waals surface area (Å²) in [7, 11) is 3.08. The molecule has 0 aliphatic carbocycles. The molecule has 1 aliphatic heterocycles. The Labute approximate surface area is 114 Å². The molecule has 1 atom stereocenters. The van der Waals surface area contributed by atoms with Crippen LogP contribution in [0.25, 0.3) is 11.2 Å². The third kappa shape index (κ3) is 1.75. The van der Waals surface area contributed by atoms with Gasteiger partial charge in [0.05, 0.1) is 0 Å². The maximum Gasteiger partial charge on any atom is 0.332 e. The number of anilines is 1. The van der Waals surface area contributed by atoms with Crippen LogP contribution in [0.4, 0.5) is 5.95 Å². The summed E-state index contributed by atoms with van der Waals surface area (Å²) in [6.45, 7) is 2.33. The lowest BCUT2D eigenvalue weighted by Gasteiger charge is -2.13. The van der Waals surface area contributed by atoms with Crippen molar-refractivity contribution in [3.05, 3.63) is 20.8 Å². The largest absolute Gasteiger partial charge is 0.342 e. The standard InChI is InChI=1S/C12H18N6O2/c1-16-9-8(10(19)17(2)12(16)20)14-11(15-9)18-4-3-7(5-13)6-18/h7H,3-6,13H2,1-2H3,(H,14,15). The summed E-state index contributed by atoms with van der Waals surface area (Å²) in [5.41, 5.74) is 5.71. The maximum atomic E-state index is 12.1. The Bertz CT molecular complexity index is 771. The van der Waals surface area contributed by atoms with Gasteiger partial charge in [0, 0.05) is 27.2 Å². The molecule has 8 heteroatoms. The van der Waals surface area contributed by atoms with Gasteiger partial charge in [0.2, 0.25) is 5.95 Å². The van der Waals surface area contributed by atoms with Crippen molar-refractivity contribution in [3.8, 4) is 0 Å². The molecule has 108 valence electrons. The molecule has 3 N–H and O–H groups in total. The average molecular weight is 278 g/mol. The number of aryl methyl sites for hydroxylation is 1. The quantitative estimate of drug-likeness (QED) is 0.714. The smallest absolute Gasteiger partial charge is 0.332 e. The molecule has 8 nitrogen and oxygen atoms in total. The van der Waals surface area contributed by atoms with Crippen molar-refractivity contribution < 1.29 is 0 Å². The van der Waals surface area contributed by atoms with Crippen LogP contribution in [0, 0.1) is 5.92 Å². The fraction of sp³-hybridized carbons (Fsp3) is 0.583. The SMILES string of the molecule is Cn1c(=O)c2[nH]c(N3CCC(CN)C3)nc2n(C)c1=O. The second-order valence-electron chi connectivity index (χ2n) is 5.30. The van der Waals surface area contributed by atoms with Crippen molar-refractivity contribution >= 4 is 17.1 Å². The molecule has 2 aromatic heterocycles. The number of hydrogen-bond donors (Lipinski definition) is 2. The van der Waals surface area contributed by atoms with Gasteiger partial charge in [-0.1, -0.05) is 0 Å². The summed E-state index contributed by atoms with van der Waals surface area (Å²) in [5, 5.41) is 0. The lowest BCUT2D eigenvalue weighted by Crippen LogP contribution is -2.36. The lowest BCUT2D eigenvalue weighted by atomic mass is 10.1. The Morgan fingerprint density at radius 2 is 2.10 bits per heavy atom. The van der Waals surface area contributed by atoms with Gasteiger partial charge in [-0.05, 0) is 18.9 Å². The van der Waals surface area contributed by atoms with Crippen molar-refractivity contribution in [1.82, 2.24) is 19.1 Å². The molecule has 0 saturated carbocycles. The molecule has 0 amide bonds. The fourth-order valence-electron chi connectivity index (χ4n) is 2.68. The number of H-pyrrole nitrogens is 1. The third-order valence-electron chi connectivity index (χ3n) is 4.00. The number of fused-ring (bicyclic) bond motifs is 1. The molecule has 1 aliphatic rings. The third-order valence-corrected chi connectivity index (χ3v) is 4.00. The van der Waals surface area contributed by atoms with Crippen LogP contribution in [0.2, 0.25) is 0 Å². The number of aromatic amines is 1. The molecule has 2 aromatic rings. The fourth-order valence-corrected chi connectivity index (χ4v) is 2.68. The number of nitrogens with two attached hydrogens (primary N) is 1. The first-order chi connectivity index (χ1) is 9.52.